The standard InChI is InChI=1S/C21H15F6O2S/c1-14-5-9-17(10-6-14)30(18-11-7-15(8-12-18)28-20(22,23)24)19-4-2-3-16(13-19)29-21(25,26)27/h2-13H,1H3/q+1. The van der Waals surface area contributed by atoms with Crippen molar-refractivity contribution in [1.82, 2.24) is 0 Å². The number of rotatable bonds is 5. The Morgan fingerprint density at radius 1 is 0.600 bits per heavy atom. The first-order chi connectivity index (χ1) is 14.0. The highest BCUT2D eigenvalue weighted by atomic mass is 32.2. The third-order valence-corrected chi connectivity index (χ3v) is 6.04. The van der Waals surface area contributed by atoms with Crippen LogP contribution in [0.2, 0.25) is 0 Å². The number of ether oxygens (including phenoxy) is 2. The fraction of sp³-hybridized carbons (Fsp3) is 0.143. The molecule has 3 rings (SSSR count). The summed E-state index contributed by atoms with van der Waals surface area (Å²) in [5.41, 5.74) is 0.991. The molecule has 3 aromatic carbocycles. The third-order valence-electron chi connectivity index (χ3n) is 3.82. The van der Waals surface area contributed by atoms with Gasteiger partial charge in [-0.2, -0.15) is 0 Å². The van der Waals surface area contributed by atoms with E-state index in [2.05, 4.69) is 9.47 Å². The number of halogens is 6. The number of hydrogen-bond acceptors (Lipinski definition) is 2. The van der Waals surface area contributed by atoms with Gasteiger partial charge in [0.1, 0.15) is 11.5 Å². The van der Waals surface area contributed by atoms with Crippen LogP contribution in [0.3, 0.4) is 0 Å². The molecule has 0 saturated carbocycles. The predicted octanol–water partition coefficient (Wildman–Crippen LogP) is 6.89. The summed E-state index contributed by atoms with van der Waals surface area (Å²) in [7, 11) is -0.877. The first kappa shape index (κ1) is 21.9. The van der Waals surface area contributed by atoms with E-state index in [0.717, 1.165) is 10.5 Å². The van der Waals surface area contributed by atoms with Gasteiger partial charge in [-0.1, -0.05) is 23.8 Å². The molecule has 0 saturated heterocycles. The summed E-state index contributed by atoms with van der Waals surface area (Å²) < 4.78 is 83.0. The normalized spacial score (nSPS) is 13.0. The molecule has 0 aliphatic rings. The molecule has 30 heavy (non-hydrogen) atoms. The summed E-state index contributed by atoms with van der Waals surface area (Å²) in [5, 5.41) is 0. The van der Waals surface area contributed by atoms with Crippen molar-refractivity contribution in [3.63, 3.8) is 0 Å². The van der Waals surface area contributed by atoms with E-state index in [4.69, 9.17) is 0 Å². The number of aryl methyl sites for hydroxylation is 1. The summed E-state index contributed by atoms with van der Waals surface area (Å²) in [6, 6.07) is 18.2. The molecule has 0 bridgehead atoms. The Balaban J connectivity index is 2.02. The lowest BCUT2D eigenvalue weighted by Gasteiger charge is -2.12. The maximum absolute atomic E-state index is 12.6. The van der Waals surface area contributed by atoms with Crippen molar-refractivity contribution in [2.45, 2.75) is 34.3 Å². The van der Waals surface area contributed by atoms with Crippen molar-refractivity contribution in [2.75, 3.05) is 0 Å². The average Bonchev–Trinajstić information content (AvgIpc) is 2.63. The fourth-order valence-corrected chi connectivity index (χ4v) is 4.74. The Bertz CT molecular complexity index is 982. The summed E-state index contributed by atoms with van der Waals surface area (Å²) in [6.45, 7) is 1.89. The highest BCUT2D eigenvalue weighted by molar-refractivity contribution is 7.97. The molecule has 0 heterocycles. The van der Waals surface area contributed by atoms with Crippen molar-refractivity contribution in [3.8, 4) is 11.5 Å². The minimum Gasteiger partial charge on any atom is -0.406 e. The molecule has 0 aromatic heterocycles. The van der Waals surface area contributed by atoms with E-state index in [0.29, 0.717) is 9.79 Å². The van der Waals surface area contributed by atoms with E-state index < -0.39 is 23.6 Å². The smallest absolute Gasteiger partial charge is 0.406 e. The monoisotopic (exact) mass is 445 g/mol. The summed E-state index contributed by atoms with van der Waals surface area (Å²) in [4.78, 5) is 1.91. The largest absolute Gasteiger partial charge is 0.573 e. The van der Waals surface area contributed by atoms with E-state index in [1.165, 1.54) is 42.5 Å². The maximum atomic E-state index is 12.6. The van der Waals surface area contributed by atoms with Gasteiger partial charge < -0.3 is 9.47 Å². The van der Waals surface area contributed by atoms with Gasteiger partial charge in [-0.25, -0.2) is 0 Å². The molecular formula is C21H15F6O2S+. The second-order valence-corrected chi connectivity index (χ2v) is 8.19. The Labute approximate surface area is 171 Å². The first-order valence-electron chi connectivity index (χ1n) is 8.53. The Morgan fingerprint density at radius 3 is 1.63 bits per heavy atom. The minimum atomic E-state index is -4.84. The van der Waals surface area contributed by atoms with Crippen molar-refractivity contribution in [1.29, 1.82) is 0 Å². The van der Waals surface area contributed by atoms with Crippen LogP contribution >= 0.6 is 0 Å². The molecule has 0 spiro atoms. The molecule has 0 N–H and O–H groups in total. The van der Waals surface area contributed by atoms with Gasteiger partial charge >= 0.3 is 12.7 Å². The number of benzene rings is 3. The van der Waals surface area contributed by atoms with E-state index in [1.807, 2.05) is 31.2 Å². The van der Waals surface area contributed by atoms with E-state index in [9.17, 15) is 26.3 Å². The molecule has 0 aliphatic carbocycles. The van der Waals surface area contributed by atoms with Crippen LogP contribution in [-0.4, -0.2) is 12.7 Å². The van der Waals surface area contributed by atoms with Crippen LogP contribution in [0.1, 0.15) is 5.56 Å². The van der Waals surface area contributed by atoms with Crippen LogP contribution in [-0.2, 0) is 10.9 Å². The molecular weight excluding hydrogens is 430 g/mol. The molecule has 0 aliphatic heterocycles. The Hall–Kier alpha value is -2.81. The van der Waals surface area contributed by atoms with Crippen molar-refractivity contribution in [3.05, 3.63) is 78.4 Å². The third kappa shape index (κ3) is 6.09. The van der Waals surface area contributed by atoms with Crippen molar-refractivity contribution in [2.24, 2.45) is 0 Å². The molecule has 158 valence electrons. The SMILES string of the molecule is Cc1ccc([S+](c2ccc(OC(F)(F)F)cc2)c2cccc(OC(F)(F)F)c2)cc1. The second-order valence-electron chi connectivity index (χ2n) is 6.16. The summed E-state index contributed by atoms with van der Waals surface area (Å²) in [6.07, 6.45) is -9.65. The molecule has 9 heteroatoms. The van der Waals surface area contributed by atoms with Crippen LogP contribution < -0.4 is 9.47 Å². The summed E-state index contributed by atoms with van der Waals surface area (Å²) in [5.74, 6) is -0.755. The quantitative estimate of drug-likeness (QED) is 0.315. The van der Waals surface area contributed by atoms with Gasteiger partial charge in [0.2, 0.25) is 0 Å². The van der Waals surface area contributed by atoms with Crippen molar-refractivity contribution < 1.29 is 35.8 Å². The van der Waals surface area contributed by atoms with E-state index in [1.54, 1.807) is 6.07 Å². The van der Waals surface area contributed by atoms with Crippen LogP contribution in [0.5, 0.6) is 11.5 Å². The molecule has 2 nitrogen and oxygen atoms in total. The zero-order chi connectivity index (χ0) is 21.9. The fourth-order valence-electron chi connectivity index (χ4n) is 2.66. The van der Waals surface area contributed by atoms with Crippen LogP contribution in [0.4, 0.5) is 26.3 Å². The molecule has 3 aromatic rings. The topological polar surface area (TPSA) is 18.5 Å². The van der Waals surface area contributed by atoms with Crippen molar-refractivity contribution >= 4 is 10.9 Å². The minimum absolute atomic E-state index is 0.373. The number of alkyl halides is 6. The van der Waals surface area contributed by atoms with Gasteiger partial charge in [-0.15, -0.1) is 26.3 Å². The lowest BCUT2D eigenvalue weighted by atomic mass is 10.2. The Morgan fingerprint density at radius 2 is 1.10 bits per heavy atom. The van der Waals surface area contributed by atoms with Crippen LogP contribution in [0, 0.1) is 6.92 Å². The van der Waals surface area contributed by atoms with Gasteiger partial charge in [0, 0.05) is 6.07 Å². The highest BCUT2D eigenvalue weighted by Gasteiger charge is 2.34. The molecule has 0 fully saturated rings. The molecule has 1 atom stereocenters. The van der Waals surface area contributed by atoms with Gasteiger partial charge in [0.25, 0.3) is 0 Å². The molecule has 1 unspecified atom stereocenters. The van der Waals surface area contributed by atoms with E-state index in [-0.39, 0.29) is 11.5 Å². The predicted molar refractivity (Wildman–Crippen MR) is 99.6 cm³/mol. The van der Waals surface area contributed by atoms with Gasteiger partial charge in [0.05, 0.1) is 10.9 Å². The first-order valence-corrected chi connectivity index (χ1v) is 9.75. The molecule has 0 radical (unpaired) electrons. The zero-order valence-corrected chi connectivity index (χ0v) is 16.2. The maximum Gasteiger partial charge on any atom is 0.573 e. The van der Waals surface area contributed by atoms with Gasteiger partial charge in [0.15, 0.2) is 14.7 Å². The lowest BCUT2D eigenvalue weighted by molar-refractivity contribution is -0.275. The van der Waals surface area contributed by atoms with Crippen LogP contribution in [0.15, 0.2) is 87.5 Å². The van der Waals surface area contributed by atoms with Gasteiger partial charge in [-0.3, -0.25) is 0 Å². The highest BCUT2D eigenvalue weighted by Crippen LogP contribution is 2.35. The van der Waals surface area contributed by atoms with E-state index >= 15 is 0 Å². The second kappa shape index (κ2) is 8.51. The average molecular weight is 445 g/mol. The van der Waals surface area contributed by atoms with Crippen LogP contribution in [0.25, 0.3) is 0 Å². The number of hydrogen-bond donors (Lipinski definition) is 0. The Kier molecular flexibility index (Phi) is 6.21. The lowest BCUT2D eigenvalue weighted by Crippen LogP contribution is -2.17. The molecule has 0 amide bonds. The van der Waals surface area contributed by atoms with Gasteiger partial charge in [-0.05, 0) is 55.5 Å². The summed E-state index contributed by atoms with van der Waals surface area (Å²) >= 11 is 0. The zero-order valence-electron chi connectivity index (χ0n) is 15.4.